The molecule has 3 saturated heterocycles. The molecule has 382 valence electrons. The first-order valence-electron chi connectivity index (χ1n) is 25.9. The Morgan fingerprint density at radius 3 is 2.08 bits per heavy atom. The van der Waals surface area contributed by atoms with Gasteiger partial charge in [0.25, 0.3) is 5.69 Å². The van der Waals surface area contributed by atoms with E-state index < -0.39 is 70.0 Å². The number of rotatable bonds is 10. The Kier molecular flexibility index (Phi) is 14.6. The van der Waals surface area contributed by atoms with Crippen molar-refractivity contribution < 1.29 is 48.5 Å². The maximum absolute atomic E-state index is 16.8. The van der Waals surface area contributed by atoms with Gasteiger partial charge in [-0.3, -0.25) is 29.4 Å². The molecule has 4 aliphatic heterocycles. The summed E-state index contributed by atoms with van der Waals surface area (Å²) in [5, 5.41) is 33.2. The summed E-state index contributed by atoms with van der Waals surface area (Å²) in [6.07, 6.45) is 6.77. The standard InChI is InChI=1S/C59H60N4O11/c64-35-36-72-46-22-16-21-44(38-46)53-59(49(54(65)60-33-14-4-1-5-15-34-60)51-55(66)74-52(43-19-10-7-11-20-43)50(62(51)53)42-17-8-6-9-18-42)47-37-40(29-32-58(69)30-12-2-3-13-31-58)25-28-48(47)61(56(59)67)57(68)73-39-41-23-26-45(27-24-41)63(70)71/h6-11,16-28,37-38,49-53,64,69H,1-5,12-15,30-31,33-36,39H2/t49-,50-,51-,52+,53+,59-/m1/s1. The number of hydrogen-bond donors (Lipinski definition) is 2. The van der Waals surface area contributed by atoms with E-state index in [1.54, 1.807) is 41.3 Å². The molecule has 4 fully saturated rings. The third-order valence-electron chi connectivity index (χ3n) is 15.5. The van der Waals surface area contributed by atoms with Crippen molar-refractivity contribution in [2.75, 3.05) is 31.2 Å². The minimum atomic E-state index is -2.09. The van der Waals surface area contributed by atoms with E-state index in [1.807, 2.05) is 71.6 Å². The Balaban J connectivity index is 1.24. The highest BCUT2D eigenvalue weighted by Crippen LogP contribution is 2.66. The van der Waals surface area contributed by atoms with E-state index in [0.717, 1.165) is 55.4 Å². The molecule has 0 bridgehead atoms. The van der Waals surface area contributed by atoms with Crippen LogP contribution in [0.4, 0.5) is 16.2 Å². The van der Waals surface area contributed by atoms with Crippen molar-refractivity contribution in [2.45, 2.75) is 112 Å². The maximum atomic E-state index is 16.8. The number of imide groups is 1. The van der Waals surface area contributed by atoms with Gasteiger partial charge in [-0.25, -0.2) is 9.69 Å². The van der Waals surface area contributed by atoms with Crippen LogP contribution >= 0.6 is 0 Å². The minimum absolute atomic E-state index is 0.0404. The number of amides is 3. The highest BCUT2D eigenvalue weighted by atomic mass is 16.6. The number of non-ortho nitro benzene ring substituents is 1. The minimum Gasteiger partial charge on any atom is -0.491 e. The van der Waals surface area contributed by atoms with Gasteiger partial charge < -0.3 is 29.3 Å². The first-order chi connectivity index (χ1) is 36.0. The molecule has 0 aromatic heterocycles. The quantitative estimate of drug-likeness (QED) is 0.0444. The Morgan fingerprint density at radius 1 is 0.757 bits per heavy atom. The van der Waals surface area contributed by atoms with Crippen LogP contribution in [0.25, 0.3) is 0 Å². The van der Waals surface area contributed by atoms with Gasteiger partial charge in [-0.15, -0.1) is 0 Å². The topological polar surface area (TPSA) is 189 Å². The number of carbonyl (C=O) groups is 4. The number of anilines is 1. The van der Waals surface area contributed by atoms with Crippen LogP contribution in [0.3, 0.4) is 0 Å². The number of hydrogen-bond acceptors (Lipinski definition) is 12. The maximum Gasteiger partial charge on any atom is 0.421 e. The number of ether oxygens (including phenoxy) is 3. The molecule has 15 heteroatoms. The van der Waals surface area contributed by atoms with Crippen LogP contribution in [0.1, 0.15) is 122 Å². The van der Waals surface area contributed by atoms with Gasteiger partial charge in [0.1, 0.15) is 42.1 Å². The Labute approximate surface area is 430 Å². The third-order valence-corrected chi connectivity index (χ3v) is 15.5. The van der Waals surface area contributed by atoms with Gasteiger partial charge in [0, 0.05) is 30.8 Å². The monoisotopic (exact) mass is 1000 g/mol. The molecule has 15 nitrogen and oxygen atoms in total. The van der Waals surface area contributed by atoms with Gasteiger partial charge in [0.15, 0.2) is 0 Å². The second kappa shape index (κ2) is 21.6. The van der Waals surface area contributed by atoms with E-state index in [0.29, 0.717) is 66.8 Å². The Hall–Kier alpha value is -7.38. The average Bonchev–Trinajstić information content (AvgIpc) is 3.83. The SMILES string of the molecule is O=C1O[C@@H](c2ccccc2)[C@@H](c2ccccc2)N2[C@@H](c3cccc(OCCO)c3)[C@]3(C(=O)N(C(=O)OCc4ccc([N+](=O)[O-])cc4)c4ccc(C#CC5(O)CCCCCC5)cc43)[C@@H](C(=O)N3CCCCCCC3)[C@H]12. The number of nitrogens with zero attached hydrogens (tertiary/aromatic N) is 4. The highest BCUT2D eigenvalue weighted by molar-refractivity contribution is 6.23. The molecule has 5 aromatic rings. The predicted octanol–water partition coefficient (Wildman–Crippen LogP) is 9.20. The van der Waals surface area contributed by atoms with Gasteiger partial charge in [-0.05, 0) is 109 Å². The van der Waals surface area contributed by atoms with Crippen molar-refractivity contribution in [1.82, 2.24) is 9.80 Å². The fourth-order valence-corrected chi connectivity index (χ4v) is 12.1. The number of cyclic esters (lactones) is 1. The van der Waals surface area contributed by atoms with Gasteiger partial charge in [-0.2, -0.15) is 0 Å². The number of morpholine rings is 1. The van der Waals surface area contributed by atoms with Crippen molar-refractivity contribution in [1.29, 1.82) is 0 Å². The highest BCUT2D eigenvalue weighted by Gasteiger charge is 2.76. The van der Waals surface area contributed by atoms with Crippen LogP contribution in [0, 0.1) is 27.9 Å². The summed E-state index contributed by atoms with van der Waals surface area (Å²) in [5.74, 6) is 3.31. The van der Waals surface area contributed by atoms with Crippen LogP contribution < -0.4 is 9.64 Å². The largest absolute Gasteiger partial charge is 0.491 e. The lowest BCUT2D eigenvalue weighted by atomic mass is 9.64. The van der Waals surface area contributed by atoms with Gasteiger partial charge in [0.2, 0.25) is 11.8 Å². The van der Waals surface area contributed by atoms with Gasteiger partial charge in [-0.1, -0.05) is 117 Å². The molecule has 5 aliphatic rings. The molecule has 2 N–H and O–H groups in total. The summed E-state index contributed by atoms with van der Waals surface area (Å²) < 4.78 is 18.7. The first-order valence-corrected chi connectivity index (χ1v) is 25.9. The van der Waals surface area contributed by atoms with Crippen molar-refractivity contribution in [2.24, 2.45) is 5.92 Å². The predicted molar refractivity (Wildman–Crippen MR) is 273 cm³/mol. The lowest BCUT2D eigenvalue weighted by molar-refractivity contribution is -0.384. The summed E-state index contributed by atoms with van der Waals surface area (Å²) in [7, 11) is 0. The first kappa shape index (κ1) is 50.2. The van der Waals surface area contributed by atoms with Crippen LogP contribution in [0.5, 0.6) is 5.75 Å². The van der Waals surface area contributed by atoms with E-state index >= 15 is 19.2 Å². The van der Waals surface area contributed by atoms with E-state index in [9.17, 15) is 20.3 Å². The lowest BCUT2D eigenvalue weighted by Crippen LogP contribution is -2.56. The Bertz CT molecular complexity index is 2940. The van der Waals surface area contributed by atoms with E-state index in [-0.39, 0.29) is 36.8 Å². The summed E-state index contributed by atoms with van der Waals surface area (Å²) in [4.78, 5) is 79.5. The second-order valence-corrected chi connectivity index (χ2v) is 20.0. The lowest BCUT2D eigenvalue weighted by Gasteiger charge is -2.46. The molecule has 0 radical (unpaired) electrons. The number of nitro benzene ring substituents is 1. The number of carbonyl (C=O) groups excluding carboxylic acids is 4. The fraction of sp³-hybridized carbons (Fsp3) is 0.390. The van der Waals surface area contributed by atoms with Crippen LogP contribution in [0.15, 0.2) is 127 Å². The van der Waals surface area contributed by atoms with Gasteiger partial charge in [0.05, 0.1) is 35.2 Å². The average molecular weight is 1000 g/mol. The molecule has 1 saturated carbocycles. The van der Waals surface area contributed by atoms with E-state index in [4.69, 9.17) is 14.2 Å². The molecule has 4 heterocycles. The normalized spacial score (nSPS) is 24.5. The molecular formula is C59H60N4O11. The van der Waals surface area contributed by atoms with Gasteiger partial charge >= 0.3 is 12.1 Å². The smallest absolute Gasteiger partial charge is 0.421 e. The third kappa shape index (κ3) is 9.54. The number of fused-ring (bicyclic) bond motifs is 3. The van der Waals surface area contributed by atoms with E-state index in [2.05, 4.69) is 11.8 Å². The van der Waals surface area contributed by atoms with Crippen molar-refractivity contribution in [3.05, 3.63) is 171 Å². The Morgan fingerprint density at radius 2 is 1.41 bits per heavy atom. The molecule has 3 amide bonds. The zero-order valence-electron chi connectivity index (χ0n) is 41.2. The zero-order valence-corrected chi connectivity index (χ0v) is 41.2. The molecular weight excluding hydrogens is 941 g/mol. The molecule has 6 atom stereocenters. The summed E-state index contributed by atoms with van der Waals surface area (Å²) in [6, 6.07) is 33.1. The number of aliphatic hydroxyl groups is 2. The zero-order chi connectivity index (χ0) is 51.4. The number of esters is 1. The fourth-order valence-electron chi connectivity index (χ4n) is 12.1. The number of benzene rings is 5. The summed E-state index contributed by atoms with van der Waals surface area (Å²) in [5.41, 5.74) is -0.361. The molecule has 1 spiro atoms. The number of likely N-dealkylation sites (tertiary alicyclic amines) is 1. The molecule has 10 rings (SSSR count). The van der Waals surface area contributed by atoms with Crippen LogP contribution in [-0.4, -0.2) is 86.8 Å². The summed E-state index contributed by atoms with van der Waals surface area (Å²) >= 11 is 0. The second-order valence-electron chi connectivity index (χ2n) is 20.0. The summed E-state index contributed by atoms with van der Waals surface area (Å²) in [6.45, 7) is 0.0825. The number of nitro groups is 1. The molecule has 1 aliphatic carbocycles. The van der Waals surface area contributed by atoms with Crippen molar-refractivity contribution in [3.8, 4) is 17.6 Å². The van der Waals surface area contributed by atoms with Crippen molar-refractivity contribution >= 4 is 35.3 Å². The molecule has 5 aromatic carbocycles. The molecule has 0 unspecified atom stereocenters. The van der Waals surface area contributed by atoms with Crippen LogP contribution in [0.2, 0.25) is 0 Å². The molecule has 74 heavy (non-hydrogen) atoms. The number of aliphatic hydroxyl groups excluding tert-OH is 1. The van der Waals surface area contributed by atoms with Crippen LogP contribution in [-0.2, 0) is 35.9 Å². The van der Waals surface area contributed by atoms with Crippen molar-refractivity contribution in [3.63, 3.8) is 0 Å². The van der Waals surface area contributed by atoms with E-state index in [1.165, 1.54) is 24.3 Å².